The maximum Gasteiger partial charge on any atom is 0.243 e. The lowest BCUT2D eigenvalue weighted by atomic mass is 9.85. The Hall–Kier alpha value is -1.73. The average molecular weight is 358 g/mol. The Morgan fingerprint density at radius 2 is 2.12 bits per heavy atom. The van der Waals surface area contributed by atoms with Gasteiger partial charge in [0.05, 0.1) is 12.2 Å². The van der Waals surface area contributed by atoms with Crippen molar-refractivity contribution < 1.29 is 4.52 Å². The summed E-state index contributed by atoms with van der Waals surface area (Å²) in [5.74, 6) is 2.74. The van der Waals surface area contributed by atoms with Gasteiger partial charge in [-0.1, -0.05) is 5.16 Å². The summed E-state index contributed by atoms with van der Waals surface area (Å²) < 4.78 is 7.45. The summed E-state index contributed by atoms with van der Waals surface area (Å²) in [6.07, 6.45) is 9.05. The highest BCUT2D eigenvalue weighted by Gasteiger charge is 2.34. The van der Waals surface area contributed by atoms with Crippen molar-refractivity contribution in [3.63, 3.8) is 0 Å². The zero-order chi connectivity index (χ0) is 18.3. The molecule has 0 spiro atoms. The fourth-order valence-corrected chi connectivity index (χ4v) is 4.21. The van der Waals surface area contributed by atoms with Crippen LogP contribution in [0, 0.1) is 5.92 Å². The zero-order valence-electron chi connectivity index (χ0n) is 16.3. The van der Waals surface area contributed by atoms with E-state index in [1.54, 1.807) is 0 Å². The van der Waals surface area contributed by atoms with Crippen LogP contribution in [0.4, 0.5) is 0 Å². The third kappa shape index (κ3) is 3.55. The molecule has 7 heteroatoms. The van der Waals surface area contributed by atoms with Gasteiger partial charge in [-0.2, -0.15) is 10.1 Å². The summed E-state index contributed by atoms with van der Waals surface area (Å²) in [6, 6.07) is 0.550. The number of hydrogen-bond donors (Lipinski definition) is 0. The van der Waals surface area contributed by atoms with Crippen LogP contribution in [0.2, 0.25) is 0 Å². The maximum atomic E-state index is 5.55. The number of hydrogen-bond acceptors (Lipinski definition) is 6. The lowest BCUT2D eigenvalue weighted by molar-refractivity contribution is 0.0784. The van der Waals surface area contributed by atoms with E-state index in [4.69, 9.17) is 4.52 Å². The lowest BCUT2D eigenvalue weighted by Gasteiger charge is -2.41. The zero-order valence-corrected chi connectivity index (χ0v) is 16.3. The molecule has 2 fully saturated rings. The van der Waals surface area contributed by atoms with Crippen LogP contribution >= 0.6 is 0 Å². The Morgan fingerprint density at radius 1 is 1.31 bits per heavy atom. The SMILES string of the molecule is CC(c1nc(C2CC2)no1)N(C)C[C@@H]1CCCN(C)[C@H]1c1cnn(C)c1. The van der Waals surface area contributed by atoms with Crippen LogP contribution in [-0.2, 0) is 7.05 Å². The van der Waals surface area contributed by atoms with Gasteiger partial charge in [0.2, 0.25) is 5.89 Å². The van der Waals surface area contributed by atoms with Crippen molar-refractivity contribution in [2.24, 2.45) is 13.0 Å². The molecule has 1 saturated heterocycles. The predicted molar refractivity (Wildman–Crippen MR) is 98.6 cm³/mol. The molecule has 2 aromatic rings. The summed E-state index contributed by atoms with van der Waals surface area (Å²) in [5, 5.41) is 8.56. The van der Waals surface area contributed by atoms with Gasteiger partial charge in [-0.3, -0.25) is 14.5 Å². The number of likely N-dealkylation sites (tertiary alicyclic amines) is 1. The molecule has 0 N–H and O–H groups in total. The van der Waals surface area contributed by atoms with Crippen LogP contribution in [0.5, 0.6) is 0 Å². The van der Waals surface area contributed by atoms with Gasteiger partial charge >= 0.3 is 0 Å². The van der Waals surface area contributed by atoms with E-state index in [2.05, 4.69) is 52.3 Å². The van der Waals surface area contributed by atoms with Gasteiger partial charge in [-0.15, -0.1) is 0 Å². The summed E-state index contributed by atoms with van der Waals surface area (Å²) in [4.78, 5) is 9.47. The smallest absolute Gasteiger partial charge is 0.243 e. The van der Waals surface area contributed by atoms with Crippen LogP contribution in [0.3, 0.4) is 0 Å². The first kappa shape index (κ1) is 17.7. The quantitative estimate of drug-likeness (QED) is 0.791. The van der Waals surface area contributed by atoms with Gasteiger partial charge in [0.25, 0.3) is 0 Å². The normalized spacial score (nSPS) is 25.7. The second-order valence-corrected chi connectivity index (χ2v) is 8.16. The molecule has 1 unspecified atom stereocenters. The lowest BCUT2D eigenvalue weighted by Crippen LogP contribution is -2.41. The molecule has 7 nitrogen and oxygen atoms in total. The van der Waals surface area contributed by atoms with Crippen molar-refractivity contribution in [1.82, 2.24) is 29.7 Å². The highest BCUT2D eigenvalue weighted by atomic mass is 16.5. The first-order valence-electron chi connectivity index (χ1n) is 9.75. The molecule has 142 valence electrons. The van der Waals surface area contributed by atoms with E-state index in [0.29, 0.717) is 17.9 Å². The Morgan fingerprint density at radius 3 is 2.81 bits per heavy atom. The highest BCUT2D eigenvalue weighted by molar-refractivity contribution is 5.13. The molecule has 4 rings (SSSR count). The van der Waals surface area contributed by atoms with Gasteiger partial charge in [0.15, 0.2) is 5.82 Å². The van der Waals surface area contributed by atoms with Gasteiger partial charge in [-0.05, 0) is 59.2 Å². The number of aromatic nitrogens is 4. The number of nitrogens with zero attached hydrogens (tertiary/aromatic N) is 6. The fraction of sp³-hybridized carbons (Fsp3) is 0.737. The summed E-state index contributed by atoms with van der Waals surface area (Å²) in [6.45, 7) is 4.31. The molecule has 0 radical (unpaired) electrons. The van der Waals surface area contributed by atoms with Crippen molar-refractivity contribution in [2.75, 3.05) is 27.2 Å². The fourth-order valence-electron chi connectivity index (χ4n) is 4.21. The maximum absolute atomic E-state index is 5.55. The molecular weight excluding hydrogens is 328 g/mol. The van der Waals surface area contributed by atoms with Crippen LogP contribution in [-0.4, -0.2) is 56.9 Å². The van der Waals surface area contributed by atoms with Crippen molar-refractivity contribution in [1.29, 1.82) is 0 Å². The minimum absolute atomic E-state index is 0.136. The van der Waals surface area contributed by atoms with Gasteiger partial charge < -0.3 is 4.52 Å². The molecule has 2 aromatic heterocycles. The number of rotatable bonds is 6. The Labute approximate surface area is 155 Å². The third-order valence-electron chi connectivity index (χ3n) is 6.01. The standard InChI is InChI=1S/C19H30N6O/c1-13(19-21-18(22-26-19)14-7-8-14)24(3)11-15-6-5-9-23(2)17(15)16-10-20-25(4)12-16/h10,12-15,17H,5-9,11H2,1-4H3/t13?,15-,17+/m0/s1. The molecular formula is C19H30N6O. The Bertz CT molecular complexity index is 736. The molecule has 2 aliphatic rings. The van der Waals surface area contributed by atoms with E-state index in [9.17, 15) is 0 Å². The van der Waals surface area contributed by atoms with Crippen LogP contribution < -0.4 is 0 Å². The minimum Gasteiger partial charge on any atom is -0.338 e. The Balaban J connectivity index is 1.46. The molecule has 1 aliphatic carbocycles. The third-order valence-corrected chi connectivity index (χ3v) is 6.01. The molecule has 0 amide bonds. The van der Waals surface area contributed by atoms with Gasteiger partial charge in [0, 0.05) is 37.3 Å². The monoisotopic (exact) mass is 358 g/mol. The molecule has 1 aliphatic heterocycles. The van der Waals surface area contributed by atoms with Crippen LogP contribution in [0.25, 0.3) is 0 Å². The van der Waals surface area contributed by atoms with E-state index in [-0.39, 0.29) is 6.04 Å². The molecule has 0 aromatic carbocycles. The first-order chi connectivity index (χ1) is 12.5. The topological polar surface area (TPSA) is 63.2 Å². The van der Waals surface area contributed by atoms with E-state index < -0.39 is 0 Å². The number of piperidine rings is 1. The number of aryl methyl sites for hydroxylation is 1. The summed E-state index contributed by atoms with van der Waals surface area (Å²) >= 11 is 0. The second-order valence-electron chi connectivity index (χ2n) is 8.16. The van der Waals surface area contributed by atoms with Crippen LogP contribution in [0.1, 0.15) is 67.9 Å². The minimum atomic E-state index is 0.136. The summed E-state index contributed by atoms with van der Waals surface area (Å²) in [5.41, 5.74) is 1.31. The van der Waals surface area contributed by atoms with E-state index in [1.807, 2.05) is 17.9 Å². The van der Waals surface area contributed by atoms with E-state index in [0.717, 1.165) is 24.8 Å². The van der Waals surface area contributed by atoms with Gasteiger partial charge in [0.1, 0.15) is 0 Å². The highest BCUT2D eigenvalue weighted by Crippen LogP contribution is 2.39. The van der Waals surface area contributed by atoms with Gasteiger partial charge in [-0.25, -0.2) is 0 Å². The first-order valence-corrected chi connectivity index (χ1v) is 9.75. The predicted octanol–water partition coefficient (Wildman–Crippen LogP) is 2.76. The Kier molecular flexibility index (Phi) is 4.84. The average Bonchev–Trinajstić information content (AvgIpc) is 3.19. The van der Waals surface area contributed by atoms with E-state index >= 15 is 0 Å². The largest absolute Gasteiger partial charge is 0.338 e. The molecule has 0 bridgehead atoms. The summed E-state index contributed by atoms with van der Waals surface area (Å²) in [7, 11) is 6.39. The molecule has 3 heterocycles. The molecule has 3 atom stereocenters. The molecule has 1 saturated carbocycles. The van der Waals surface area contributed by atoms with Crippen molar-refractivity contribution >= 4 is 0 Å². The van der Waals surface area contributed by atoms with E-state index in [1.165, 1.54) is 31.2 Å². The van der Waals surface area contributed by atoms with Crippen molar-refractivity contribution in [3.8, 4) is 0 Å². The van der Waals surface area contributed by atoms with Crippen LogP contribution in [0.15, 0.2) is 16.9 Å². The van der Waals surface area contributed by atoms with Crippen molar-refractivity contribution in [2.45, 2.75) is 50.6 Å². The van der Waals surface area contributed by atoms with Crippen molar-refractivity contribution in [3.05, 3.63) is 29.7 Å². The second kappa shape index (κ2) is 7.12. The molecule has 26 heavy (non-hydrogen) atoms.